The molecule has 1 aliphatic rings. The Morgan fingerprint density at radius 3 is 2.50 bits per heavy atom. The quantitative estimate of drug-likeness (QED) is 0.803. The van der Waals surface area contributed by atoms with Crippen molar-refractivity contribution in [2.45, 2.75) is 17.7 Å². The zero-order chi connectivity index (χ0) is 18.9. The molecule has 3 rings (SSSR count). The zero-order valence-corrected chi connectivity index (χ0v) is 16.2. The number of carbonyl (C=O) groups is 1. The molecule has 0 atom stereocenters. The lowest BCUT2D eigenvalue weighted by Crippen LogP contribution is -2.24. The van der Waals surface area contributed by atoms with Crippen LogP contribution in [-0.4, -0.2) is 28.0 Å². The second kappa shape index (κ2) is 7.34. The van der Waals surface area contributed by atoms with Gasteiger partial charge in [-0.25, -0.2) is 8.42 Å². The van der Waals surface area contributed by atoms with Crippen LogP contribution >= 0.6 is 23.2 Å². The van der Waals surface area contributed by atoms with E-state index in [0.717, 1.165) is 6.42 Å². The molecule has 138 valence electrons. The molecule has 0 spiro atoms. The highest BCUT2D eigenvalue weighted by molar-refractivity contribution is 7.92. The average Bonchev–Trinajstić information content (AvgIpc) is 3.03. The molecule has 1 saturated heterocycles. The first-order chi connectivity index (χ1) is 12.3. The molecule has 1 amide bonds. The van der Waals surface area contributed by atoms with Crippen LogP contribution in [0.15, 0.2) is 41.3 Å². The second-order valence-corrected chi connectivity index (χ2v) is 8.21. The Labute approximate surface area is 161 Å². The lowest BCUT2D eigenvalue weighted by Gasteiger charge is -2.20. The molecule has 1 fully saturated rings. The molecular weight excluding hydrogens is 399 g/mol. The molecule has 0 aliphatic carbocycles. The summed E-state index contributed by atoms with van der Waals surface area (Å²) < 4.78 is 33.2. The molecule has 1 N–H and O–H groups in total. The van der Waals surface area contributed by atoms with Crippen LogP contribution < -0.4 is 14.4 Å². The van der Waals surface area contributed by atoms with E-state index in [0.29, 0.717) is 29.4 Å². The van der Waals surface area contributed by atoms with Gasteiger partial charge in [-0.3, -0.25) is 9.52 Å². The van der Waals surface area contributed by atoms with Crippen molar-refractivity contribution >= 4 is 50.5 Å². The first kappa shape index (κ1) is 18.8. The monoisotopic (exact) mass is 414 g/mol. The van der Waals surface area contributed by atoms with E-state index < -0.39 is 10.0 Å². The van der Waals surface area contributed by atoms with Crippen LogP contribution in [0, 0.1) is 0 Å². The highest BCUT2D eigenvalue weighted by Gasteiger charge is 2.26. The van der Waals surface area contributed by atoms with Gasteiger partial charge in [0, 0.05) is 13.0 Å². The Hall–Kier alpha value is -1.96. The first-order valence-electron chi connectivity index (χ1n) is 7.78. The van der Waals surface area contributed by atoms with E-state index in [2.05, 4.69) is 4.72 Å². The van der Waals surface area contributed by atoms with Crippen LogP contribution in [0.5, 0.6) is 5.75 Å². The number of hydrogen-bond donors (Lipinski definition) is 1. The van der Waals surface area contributed by atoms with Gasteiger partial charge in [0.2, 0.25) is 5.91 Å². The number of nitrogens with one attached hydrogen (secondary N) is 1. The van der Waals surface area contributed by atoms with Crippen LogP contribution in [0.2, 0.25) is 10.0 Å². The van der Waals surface area contributed by atoms with Crippen molar-refractivity contribution in [2.24, 2.45) is 0 Å². The van der Waals surface area contributed by atoms with Crippen molar-refractivity contribution in [1.29, 1.82) is 0 Å². The van der Waals surface area contributed by atoms with Crippen molar-refractivity contribution < 1.29 is 17.9 Å². The topological polar surface area (TPSA) is 75.7 Å². The van der Waals surface area contributed by atoms with Crippen molar-refractivity contribution in [3.63, 3.8) is 0 Å². The van der Waals surface area contributed by atoms with Gasteiger partial charge in [0.15, 0.2) is 0 Å². The highest BCUT2D eigenvalue weighted by atomic mass is 35.5. The van der Waals surface area contributed by atoms with Crippen LogP contribution in [0.1, 0.15) is 12.8 Å². The molecule has 0 radical (unpaired) electrons. The fraction of sp³-hybridized carbons (Fsp3) is 0.235. The second-order valence-electron chi connectivity index (χ2n) is 5.72. The predicted octanol–water partition coefficient (Wildman–Crippen LogP) is 3.93. The Balaban J connectivity index is 1.96. The molecule has 0 unspecified atom stereocenters. The fourth-order valence-corrected chi connectivity index (χ4v) is 4.09. The maximum absolute atomic E-state index is 12.7. The van der Waals surface area contributed by atoms with E-state index in [9.17, 15) is 13.2 Å². The lowest BCUT2D eigenvalue weighted by atomic mass is 10.2. The molecule has 9 heteroatoms. The molecule has 6 nitrogen and oxygen atoms in total. The van der Waals surface area contributed by atoms with Gasteiger partial charge in [0.1, 0.15) is 5.75 Å². The third kappa shape index (κ3) is 3.75. The summed E-state index contributed by atoms with van der Waals surface area (Å²) >= 11 is 11.8. The van der Waals surface area contributed by atoms with Gasteiger partial charge in [-0.1, -0.05) is 23.2 Å². The number of anilines is 2. The molecule has 2 aromatic rings. The summed E-state index contributed by atoms with van der Waals surface area (Å²) in [5.41, 5.74) is 0.723. The minimum absolute atomic E-state index is 0.0130. The summed E-state index contributed by atoms with van der Waals surface area (Å²) in [5, 5.41) is 0.568. The summed E-state index contributed by atoms with van der Waals surface area (Å²) in [6, 6.07) is 8.83. The van der Waals surface area contributed by atoms with Gasteiger partial charge in [-0.15, -0.1) is 0 Å². The number of ether oxygens (including phenoxy) is 1. The van der Waals surface area contributed by atoms with E-state index >= 15 is 0 Å². The van der Waals surface area contributed by atoms with Crippen molar-refractivity contribution in [2.75, 3.05) is 23.3 Å². The summed E-state index contributed by atoms with van der Waals surface area (Å²) in [7, 11) is -2.41. The lowest BCUT2D eigenvalue weighted by molar-refractivity contribution is -0.117. The summed E-state index contributed by atoms with van der Waals surface area (Å²) in [5.74, 6) is 0.379. The molecule has 1 aliphatic heterocycles. The molecule has 0 aromatic heterocycles. The third-order valence-corrected chi connectivity index (χ3v) is 6.11. The first-order valence-corrected chi connectivity index (χ1v) is 10.0. The van der Waals surface area contributed by atoms with Crippen molar-refractivity contribution in [3.8, 4) is 5.75 Å². The average molecular weight is 415 g/mol. The van der Waals surface area contributed by atoms with Crippen LogP contribution in [0.25, 0.3) is 0 Å². The number of nitrogens with zero attached hydrogens (tertiary/aromatic N) is 1. The number of amides is 1. The van der Waals surface area contributed by atoms with Crippen LogP contribution in [-0.2, 0) is 14.8 Å². The molecule has 26 heavy (non-hydrogen) atoms. The van der Waals surface area contributed by atoms with Crippen molar-refractivity contribution in [3.05, 3.63) is 46.4 Å². The zero-order valence-electron chi connectivity index (χ0n) is 13.8. The molecular formula is C17H16Cl2N2O4S. The van der Waals surface area contributed by atoms with E-state index in [1.165, 1.54) is 48.4 Å². The van der Waals surface area contributed by atoms with E-state index in [1.54, 1.807) is 0 Å². The molecule has 2 aromatic carbocycles. The van der Waals surface area contributed by atoms with Gasteiger partial charge in [-0.2, -0.15) is 0 Å². The normalized spacial score (nSPS) is 14.6. The maximum Gasteiger partial charge on any atom is 0.261 e. The molecule has 1 heterocycles. The largest absolute Gasteiger partial charge is 0.495 e. The minimum atomic E-state index is -3.88. The summed E-state index contributed by atoms with van der Waals surface area (Å²) in [4.78, 5) is 13.6. The Bertz CT molecular complexity index is 963. The predicted molar refractivity (Wildman–Crippen MR) is 102 cm³/mol. The van der Waals surface area contributed by atoms with E-state index in [1.807, 2.05) is 0 Å². The SMILES string of the molecule is COc1ccc(S(=O)(=O)Nc2ccc(Cl)c(Cl)c2)cc1N1CCCC1=O. The molecule has 0 bridgehead atoms. The van der Waals surface area contributed by atoms with Gasteiger partial charge >= 0.3 is 0 Å². The fourth-order valence-electron chi connectivity index (χ4n) is 2.72. The van der Waals surface area contributed by atoms with E-state index in [4.69, 9.17) is 27.9 Å². The number of rotatable bonds is 5. The van der Waals surface area contributed by atoms with Crippen LogP contribution in [0.4, 0.5) is 11.4 Å². The maximum atomic E-state index is 12.7. The highest BCUT2D eigenvalue weighted by Crippen LogP contribution is 2.34. The van der Waals surface area contributed by atoms with Gasteiger partial charge in [-0.05, 0) is 42.8 Å². The Kier molecular flexibility index (Phi) is 5.32. The van der Waals surface area contributed by atoms with Gasteiger partial charge in [0.25, 0.3) is 10.0 Å². The van der Waals surface area contributed by atoms with E-state index in [-0.39, 0.29) is 21.5 Å². The number of sulfonamides is 1. The van der Waals surface area contributed by atoms with Crippen molar-refractivity contribution in [1.82, 2.24) is 0 Å². The van der Waals surface area contributed by atoms with Gasteiger partial charge in [0.05, 0.1) is 33.4 Å². The van der Waals surface area contributed by atoms with Crippen LogP contribution in [0.3, 0.4) is 0 Å². The smallest absolute Gasteiger partial charge is 0.261 e. The number of carbonyl (C=O) groups excluding carboxylic acids is 1. The summed E-state index contributed by atoms with van der Waals surface area (Å²) in [6.07, 6.45) is 1.15. The summed E-state index contributed by atoms with van der Waals surface area (Å²) in [6.45, 7) is 0.527. The Morgan fingerprint density at radius 1 is 1.12 bits per heavy atom. The minimum Gasteiger partial charge on any atom is -0.495 e. The Morgan fingerprint density at radius 2 is 1.88 bits per heavy atom. The van der Waals surface area contributed by atoms with Gasteiger partial charge < -0.3 is 9.64 Å². The third-order valence-electron chi connectivity index (χ3n) is 4.00. The number of methoxy groups -OCH3 is 1. The standard InChI is InChI=1S/C17H16Cl2N2O4S/c1-25-16-7-5-12(10-15(16)21-8-2-3-17(21)22)26(23,24)20-11-4-6-13(18)14(19)9-11/h4-7,9-10,20H,2-3,8H2,1H3. The number of hydrogen-bond acceptors (Lipinski definition) is 4. The number of halogens is 2. The number of benzene rings is 2. The molecule has 0 saturated carbocycles.